The molecule has 2 nitrogen and oxygen atoms in total. The van der Waals surface area contributed by atoms with Crippen LogP contribution in [-0.2, 0) is 6.42 Å². The fourth-order valence-corrected chi connectivity index (χ4v) is 1.72. The average Bonchev–Trinajstić information content (AvgIpc) is 2.15. The fraction of sp³-hybridized carbons (Fsp3) is 0.300. The molecule has 0 saturated heterocycles. The van der Waals surface area contributed by atoms with Gasteiger partial charge in [0.25, 0.3) is 0 Å². The summed E-state index contributed by atoms with van der Waals surface area (Å²) in [5, 5.41) is 17.8. The number of aryl methyl sites for hydroxylation is 1. The summed E-state index contributed by atoms with van der Waals surface area (Å²) in [5.41, 5.74) is 1.18. The molecule has 0 spiro atoms. The third-order valence-electron chi connectivity index (χ3n) is 1.95. The van der Waals surface area contributed by atoms with E-state index in [2.05, 4.69) is 15.9 Å². The SMILES string of the molecule is Cc1cc(F)c(O)c(CCC#N)c1Br. The number of halogens is 2. The van der Waals surface area contributed by atoms with Crippen LogP contribution in [0.15, 0.2) is 10.5 Å². The number of aromatic hydroxyl groups is 1. The molecular formula is C10H9BrFNO. The molecule has 0 aliphatic carbocycles. The monoisotopic (exact) mass is 257 g/mol. The van der Waals surface area contributed by atoms with Gasteiger partial charge in [-0.2, -0.15) is 5.26 Å². The van der Waals surface area contributed by atoms with Gasteiger partial charge in [0.2, 0.25) is 0 Å². The van der Waals surface area contributed by atoms with Crippen molar-refractivity contribution in [1.29, 1.82) is 5.26 Å². The van der Waals surface area contributed by atoms with E-state index in [0.29, 0.717) is 22.0 Å². The molecule has 0 heterocycles. The van der Waals surface area contributed by atoms with Crippen molar-refractivity contribution in [2.75, 3.05) is 0 Å². The fourth-order valence-electron chi connectivity index (χ4n) is 1.22. The lowest BCUT2D eigenvalue weighted by molar-refractivity contribution is 0.425. The highest BCUT2D eigenvalue weighted by Crippen LogP contribution is 2.32. The van der Waals surface area contributed by atoms with Crippen molar-refractivity contribution >= 4 is 15.9 Å². The van der Waals surface area contributed by atoms with Crippen molar-refractivity contribution in [3.63, 3.8) is 0 Å². The Hall–Kier alpha value is -1.08. The Kier molecular flexibility index (Phi) is 3.48. The smallest absolute Gasteiger partial charge is 0.165 e. The van der Waals surface area contributed by atoms with Crippen molar-refractivity contribution in [3.8, 4) is 11.8 Å². The Morgan fingerprint density at radius 2 is 2.29 bits per heavy atom. The largest absolute Gasteiger partial charge is 0.505 e. The molecule has 74 valence electrons. The number of phenolic OH excluding ortho intramolecular Hbond substituents is 1. The summed E-state index contributed by atoms with van der Waals surface area (Å²) in [7, 11) is 0. The topological polar surface area (TPSA) is 44.0 Å². The summed E-state index contributed by atoms with van der Waals surface area (Å²) >= 11 is 3.26. The zero-order valence-corrected chi connectivity index (χ0v) is 9.23. The zero-order chi connectivity index (χ0) is 10.7. The summed E-state index contributed by atoms with van der Waals surface area (Å²) < 4.78 is 13.8. The van der Waals surface area contributed by atoms with E-state index in [0.717, 1.165) is 0 Å². The molecule has 0 fully saturated rings. The van der Waals surface area contributed by atoms with E-state index >= 15 is 0 Å². The number of hydrogen-bond donors (Lipinski definition) is 1. The Balaban J connectivity index is 3.19. The van der Waals surface area contributed by atoms with Crippen LogP contribution in [0.4, 0.5) is 4.39 Å². The van der Waals surface area contributed by atoms with Crippen LogP contribution < -0.4 is 0 Å². The highest BCUT2D eigenvalue weighted by molar-refractivity contribution is 9.10. The van der Waals surface area contributed by atoms with E-state index in [-0.39, 0.29) is 12.2 Å². The van der Waals surface area contributed by atoms with Crippen LogP contribution in [0.1, 0.15) is 17.5 Å². The minimum atomic E-state index is -0.640. The normalized spacial score (nSPS) is 9.86. The van der Waals surface area contributed by atoms with Crippen LogP contribution in [0, 0.1) is 24.1 Å². The van der Waals surface area contributed by atoms with Crippen LogP contribution >= 0.6 is 15.9 Å². The van der Waals surface area contributed by atoms with Gasteiger partial charge in [-0.05, 0) is 25.0 Å². The van der Waals surface area contributed by atoms with Crippen molar-refractivity contribution in [1.82, 2.24) is 0 Å². The van der Waals surface area contributed by atoms with E-state index in [9.17, 15) is 9.50 Å². The highest BCUT2D eigenvalue weighted by Gasteiger charge is 2.13. The summed E-state index contributed by atoms with van der Waals surface area (Å²) in [6, 6.07) is 3.21. The summed E-state index contributed by atoms with van der Waals surface area (Å²) in [4.78, 5) is 0. The first-order valence-electron chi connectivity index (χ1n) is 4.11. The predicted molar refractivity (Wildman–Crippen MR) is 54.4 cm³/mol. The Morgan fingerprint density at radius 3 is 2.86 bits per heavy atom. The van der Waals surface area contributed by atoms with Gasteiger partial charge in [-0.15, -0.1) is 0 Å². The minimum absolute atomic E-state index is 0.259. The Labute approximate surface area is 90.1 Å². The molecule has 0 aromatic heterocycles. The lowest BCUT2D eigenvalue weighted by Crippen LogP contribution is -1.93. The quantitative estimate of drug-likeness (QED) is 0.885. The minimum Gasteiger partial charge on any atom is -0.505 e. The van der Waals surface area contributed by atoms with Crippen LogP contribution in [0.2, 0.25) is 0 Å². The van der Waals surface area contributed by atoms with Crippen LogP contribution in [0.25, 0.3) is 0 Å². The molecule has 1 rings (SSSR count). The first kappa shape index (κ1) is 11.0. The third kappa shape index (κ3) is 2.05. The van der Waals surface area contributed by atoms with Crippen molar-refractivity contribution < 1.29 is 9.50 Å². The first-order valence-corrected chi connectivity index (χ1v) is 4.90. The maximum atomic E-state index is 13.1. The number of nitrogens with zero attached hydrogens (tertiary/aromatic N) is 1. The number of nitriles is 1. The lowest BCUT2D eigenvalue weighted by Gasteiger charge is -2.08. The van der Waals surface area contributed by atoms with E-state index in [1.807, 2.05) is 6.07 Å². The first-order chi connectivity index (χ1) is 6.57. The van der Waals surface area contributed by atoms with E-state index in [1.54, 1.807) is 6.92 Å². The predicted octanol–water partition coefficient (Wildman–Crippen LogP) is 3.06. The van der Waals surface area contributed by atoms with Gasteiger partial charge in [-0.1, -0.05) is 15.9 Å². The molecule has 0 saturated carbocycles. The van der Waals surface area contributed by atoms with Gasteiger partial charge in [0.15, 0.2) is 11.6 Å². The second-order valence-electron chi connectivity index (χ2n) is 2.97. The van der Waals surface area contributed by atoms with Gasteiger partial charge in [-0.3, -0.25) is 0 Å². The van der Waals surface area contributed by atoms with Crippen LogP contribution in [-0.4, -0.2) is 5.11 Å². The van der Waals surface area contributed by atoms with Gasteiger partial charge in [0, 0.05) is 16.5 Å². The molecule has 0 aliphatic heterocycles. The number of benzene rings is 1. The van der Waals surface area contributed by atoms with E-state index in [4.69, 9.17) is 5.26 Å². The number of phenols is 1. The molecule has 0 amide bonds. The molecule has 0 atom stereocenters. The average molecular weight is 258 g/mol. The molecule has 0 aliphatic rings. The Bertz CT molecular complexity index is 372. The van der Waals surface area contributed by atoms with Crippen molar-refractivity contribution in [3.05, 3.63) is 27.5 Å². The van der Waals surface area contributed by atoms with Gasteiger partial charge in [-0.25, -0.2) is 4.39 Å². The van der Waals surface area contributed by atoms with Gasteiger partial charge < -0.3 is 5.11 Å². The van der Waals surface area contributed by atoms with Crippen LogP contribution in [0.3, 0.4) is 0 Å². The van der Waals surface area contributed by atoms with E-state index < -0.39 is 5.82 Å². The van der Waals surface area contributed by atoms with Gasteiger partial charge in [0.1, 0.15) is 0 Å². The molecule has 4 heteroatoms. The molecule has 1 aromatic carbocycles. The summed E-state index contributed by atoms with van der Waals surface area (Å²) in [5.74, 6) is -1.00. The maximum absolute atomic E-state index is 13.1. The van der Waals surface area contributed by atoms with Crippen LogP contribution in [0.5, 0.6) is 5.75 Å². The molecule has 1 aromatic rings. The molecule has 0 radical (unpaired) electrons. The molecule has 0 unspecified atom stereocenters. The van der Waals surface area contributed by atoms with Crippen molar-refractivity contribution in [2.24, 2.45) is 0 Å². The van der Waals surface area contributed by atoms with E-state index in [1.165, 1.54) is 6.07 Å². The highest BCUT2D eigenvalue weighted by atomic mass is 79.9. The molecule has 14 heavy (non-hydrogen) atoms. The Morgan fingerprint density at radius 1 is 1.64 bits per heavy atom. The molecule has 1 N–H and O–H groups in total. The maximum Gasteiger partial charge on any atom is 0.165 e. The molecule has 0 bridgehead atoms. The number of rotatable bonds is 2. The summed E-state index contributed by atoms with van der Waals surface area (Å²) in [6.45, 7) is 1.74. The second kappa shape index (κ2) is 4.43. The lowest BCUT2D eigenvalue weighted by atomic mass is 10.1. The van der Waals surface area contributed by atoms with Crippen molar-refractivity contribution in [2.45, 2.75) is 19.8 Å². The standard InChI is InChI=1S/C10H9BrFNO/c1-6-5-8(12)10(14)7(9(6)11)3-2-4-13/h5,14H,2-3H2,1H3. The number of hydrogen-bond acceptors (Lipinski definition) is 2. The van der Waals surface area contributed by atoms with Gasteiger partial charge >= 0.3 is 0 Å². The third-order valence-corrected chi connectivity index (χ3v) is 3.06. The second-order valence-corrected chi connectivity index (χ2v) is 3.77. The zero-order valence-electron chi connectivity index (χ0n) is 7.64. The summed E-state index contributed by atoms with van der Waals surface area (Å²) in [6.07, 6.45) is 0.608. The van der Waals surface area contributed by atoms with Gasteiger partial charge in [0.05, 0.1) is 6.07 Å². The molecular weight excluding hydrogens is 249 g/mol.